The maximum absolute atomic E-state index is 9.81. The molecule has 0 saturated carbocycles. The zero-order valence-electron chi connectivity index (χ0n) is 8.44. The largest absolute Gasteiger partial charge is 0.387 e. The van der Waals surface area contributed by atoms with Gasteiger partial charge in [0.2, 0.25) is 0 Å². The van der Waals surface area contributed by atoms with Gasteiger partial charge in [-0.15, -0.1) is 0 Å². The van der Waals surface area contributed by atoms with E-state index in [0.717, 1.165) is 20.9 Å². The lowest BCUT2D eigenvalue weighted by atomic mass is 10.1. The Morgan fingerprint density at radius 1 is 1.53 bits per heavy atom. The van der Waals surface area contributed by atoms with Crippen LogP contribution in [0.5, 0.6) is 0 Å². The van der Waals surface area contributed by atoms with Crippen LogP contribution in [0.3, 0.4) is 0 Å². The maximum atomic E-state index is 9.81. The number of hydrogen-bond acceptors (Lipinski definition) is 2. The molecule has 0 amide bonds. The van der Waals surface area contributed by atoms with Crippen LogP contribution in [0.2, 0.25) is 0 Å². The van der Waals surface area contributed by atoms with Gasteiger partial charge in [0.25, 0.3) is 0 Å². The Morgan fingerprint density at radius 3 is 2.93 bits per heavy atom. The van der Waals surface area contributed by atoms with E-state index in [1.807, 2.05) is 36.0 Å². The van der Waals surface area contributed by atoms with Crippen LogP contribution in [0.1, 0.15) is 11.7 Å². The highest BCUT2D eigenvalue weighted by molar-refractivity contribution is 9.10. The number of benzene rings is 1. The maximum Gasteiger partial charge on any atom is 0.0932 e. The molecule has 0 aliphatic rings. The zero-order valence-corrected chi connectivity index (χ0v) is 10.0. The summed E-state index contributed by atoms with van der Waals surface area (Å²) in [5.41, 5.74) is 7.39. The van der Waals surface area contributed by atoms with Gasteiger partial charge >= 0.3 is 0 Å². The Kier molecular flexibility index (Phi) is 2.82. The van der Waals surface area contributed by atoms with Gasteiger partial charge in [0.1, 0.15) is 0 Å². The summed E-state index contributed by atoms with van der Waals surface area (Å²) in [5, 5.41) is 10.9. The van der Waals surface area contributed by atoms with Gasteiger partial charge in [0, 0.05) is 35.2 Å². The molecular formula is C11H13BrN2O. The number of hydrogen-bond donors (Lipinski definition) is 2. The first-order valence-corrected chi connectivity index (χ1v) is 5.56. The number of aliphatic hydroxyl groups excluding tert-OH is 1. The van der Waals surface area contributed by atoms with Crippen molar-refractivity contribution in [3.05, 3.63) is 34.4 Å². The molecule has 3 nitrogen and oxygen atoms in total. The minimum Gasteiger partial charge on any atom is -0.387 e. The van der Waals surface area contributed by atoms with E-state index in [1.165, 1.54) is 0 Å². The van der Waals surface area contributed by atoms with Crippen LogP contribution < -0.4 is 5.73 Å². The molecule has 2 rings (SSSR count). The molecule has 1 heterocycles. The lowest BCUT2D eigenvalue weighted by molar-refractivity contribution is 0.188. The number of nitrogens with two attached hydrogens (primary N) is 1. The average molecular weight is 269 g/mol. The fourth-order valence-electron chi connectivity index (χ4n) is 1.85. The van der Waals surface area contributed by atoms with E-state index in [4.69, 9.17) is 5.73 Å². The van der Waals surface area contributed by atoms with Crippen molar-refractivity contribution < 1.29 is 5.11 Å². The third-order valence-electron chi connectivity index (χ3n) is 2.57. The van der Waals surface area contributed by atoms with E-state index < -0.39 is 6.10 Å². The predicted molar refractivity (Wildman–Crippen MR) is 64.6 cm³/mol. The van der Waals surface area contributed by atoms with Crippen molar-refractivity contribution in [2.75, 3.05) is 6.54 Å². The molecule has 0 radical (unpaired) electrons. The van der Waals surface area contributed by atoms with Crippen LogP contribution in [0.25, 0.3) is 10.9 Å². The van der Waals surface area contributed by atoms with E-state index in [-0.39, 0.29) is 6.54 Å². The van der Waals surface area contributed by atoms with Gasteiger partial charge in [0.15, 0.2) is 0 Å². The number of halogens is 1. The fraction of sp³-hybridized carbons (Fsp3) is 0.273. The Hall–Kier alpha value is -0.840. The summed E-state index contributed by atoms with van der Waals surface area (Å²) in [5.74, 6) is 0. The summed E-state index contributed by atoms with van der Waals surface area (Å²) in [6.45, 7) is 0.238. The second kappa shape index (κ2) is 3.96. The number of aliphatic hydroxyl groups is 1. The SMILES string of the molecule is Cn1cc(Br)c2cccc(C(O)CN)c21. The molecule has 2 aromatic rings. The highest BCUT2D eigenvalue weighted by Gasteiger charge is 2.13. The first-order valence-electron chi connectivity index (χ1n) is 4.76. The second-order valence-corrected chi connectivity index (χ2v) is 4.44. The average Bonchev–Trinajstić information content (AvgIpc) is 2.54. The van der Waals surface area contributed by atoms with Crippen molar-refractivity contribution >= 4 is 26.8 Å². The van der Waals surface area contributed by atoms with Gasteiger partial charge in [-0.25, -0.2) is 0 Å². The van der Waals surface area contributed by atoms with Crippen molar-refractivity contribution in [2.45, 2.75) is 6.10 Å². The predicted octanol–water partition coefficient (Wildman–Crippen LogP) is 1.93. The van der Waals surface area contributed by atoms with Gasteiger partial charge < -0.3 is 15.4 Å². The molecule has 1 aromatic heterocycles. The van der Waals surface area contributed by atoms with Crippen LogP contribution in [-0.2, 0) is 7.05 Å². The number of fused-ring (bicyclic) bond motifs is 1. The van der Waals surface area contributed by atoms with Crippen molar-refractivity contribution in [1.82, 2.24) is 4.57 Å². The first kappa shape index (κ1) is 10.7. The molecule has 15 heavy (non-hydrogen) atoms. The highest BCUT2D eigenvalue weighted by Crippen LogP contribution is 2.30. The molecule has 0 bridgehead atoms. The van der Waals surface area contributed by atoms with Crippen LogP contribution in [0.4, 0.5) is 0 Å². The van der Waals surface area contributed by atoms with Crippen molar-refractivity contribution in [1.29, 1.82) is 0 Å². The molecule has 0 fully saturated rings. The van der Waals surface area contributed by atoms with Gasteiger partial charge in [-0.3, -0.25) is 0 Å². The third kappa shape index (κ3) is 1.69. The van der Waals surface area contributed by atoms with Crippen molar-refractivity contribution in [3.63, 3.8) is 0 Å². The monoisotopic (exact) mass is 268 g/mol. The van der Waals surface area contributed by atoms with Crippen molar-refractivity contribution in [2.24, 2.45) is 12.8 Å². The standard InChI is InChI=1S/C11H13BrN2O/c1-14-6-9(12)7-3-2-4-8(11(7)14)10(15)5-13/h2-4,6,10,15H,5,13H2,1H3. The molecule has 80 valence electrons. The topological polar surface area (TPSA) is 51.2 Å². The van der Waals surface area contributed by atoms with Gasteiger partial charge in [-0.05, 0) is 15.9 Å². The van der Waals surface area contributed by atoms with Crippen molar-refractivity contribution in [3.8, 4) is 0 Å². The normalized spacial score (nSPS) is 13.3. The molecule has 0 spiro atoms. The Balaban J connectivity index is 2.75. The number of para-hydroxylation sites is 1. The second-order valence-electron chi connectivity index (χ2n) is 3.58. The summed E-state index contributed by atoms with van der Waals surface area (Å²) in [7, 11) is 1.96. The highest BCUT2D eigenvalue weighted by atomic mass is 79.9. The van der Waals surface area contributed by atoms with Crippen LogP contribution in [-0.4, -0.2) is 16.2 Å². The molecule has 3 N–H and O–H groups in total. The van der Waals surface area contributed by atoms with Crippen LogP contribution in [0.15, 0.2) is 28.9 Å². The lowest BCUT2D eigenvalue weighted by Crippen LogP contribution is -2.12. The third-order valence-corrected chi connectivity index (χ3v) is 3.20. The van der Waals surface area contributed by atoms with Gasteiger partial charge in [0.05, 0.1) is 11.6 Å². The molecule has 1 atom stereocenters. The molecule has 0 saturated heterocycles. The summed E-state index contributed by atoms with van der Waals surface area (Å²) >= 11 is 3.49. The fourth-order valence-corrected chi connectivity index (χ4v) is 2.47. The van der Waals surface area contributed by atoms with Crippen LogP contribution in [0, 0.1) is 0 Å². The first-order chi connectivity index (χ1) is 7.15. The van der Waals surface area contributed by atoms with Crippen LogP contribution >= 0.6 is 15.9 Å². The summed E-state index contributed by atoms with van der Waals surface area (Å²) < 4.78 is 3.03. The molecule has 1 aromatic carbocycles. The number of nitrogens with zero attached hydrogens (tertiary/aromatic N) is 1. The van der Waals surface area contributed by atoms with E-state index in [9.17, 15) is 5.11 Å². The smallest absolute Gasteiger partial charge is 0.0932 e. The Bertz CT molecular complexity index is 493. The van der Waals surface area contributed by atoms with E-state index >= 15 is 0 Å². The quantitative estimate of drug-likeness (QED) is 0.875. The molecular weight excluding hydrogens is 256 g/mol. The number of aromatic nitrogens is 1. The molecule has 4 heteroatoms. The summed E-state index contributed by atoms with van der Waals surface area (Å²) in [6.07, 6.45) is 1.38. The lowest BCUT2D eigenvalue weighted by Gasteiger charge is -2.11. The number of rotatable bonds is 2. The molecule has 1 unspecified atom stereocenters. The van der Waals surface area contributed by atoms with E-state index in [2.05, 4.69) is 15.9 Å². The summed E-state index contributed by atoms with van der Waals surface area (Å²) in [6, 6.07) is 5.86. The Morgan fingerprint density at radius 2 is 2.27 bits per heavy atom. The van der Waals surface area contributed by atoms with Gasteiger partial charge in [-0.1, -0.05) is 18.2 Å². The van der Waals surface area contributed by atoms with E-state index in [0.29, 0.717) is 0 Å². The Labute approximate surface area is 96.6 Å². The molecule has 0 aliphatic heterocycles. The summed E-state index contributed by atoms with van der Waals surface area (Å²) in [4.78, 5) is 0. The number of aryl methyl sites for hydroxylation is 1. The minimum atomic E-state index is -0.603. The molecule has 0 aliphatic carbocycles. The van der Waals surface area contributed by atoms with Gasteiger partial charge in [-0.2, -0.15) is 0 Å². The van der Waals surface area contributed by atoms with E-state index in [1.54, 1.807) is 0 Å². The zero-order chi connectivity index (χ0) is 11.0. The minimum absolute atomic E-state index is 0.238.